The van der Waals surface area contributed by atoms with E-state index < -0.39 is 5.97 Å². The van der Waals surface area contributed by atoms with Crippen molar-refractivity contribution in [3.63, 3.8) is 0 Å². The predicted molar refractivity (Wildman–Crippen MR) is 65.8 cm³/mol. The van der Waals surface area contributed by atoms with E-state index >= 15 is 0 Å². The van der Waals surface area contributed by atoms with Crippen molar-refractivity contribution in [2.75, 3.05) is 0 Å². The van der Waals surface area contributed by atoms with Gasteiger partial charge in [0.2, 0.25) is 5.76 Å². The fourth-order valence-electron chi connectivity index (χ4n) is 1.96. The Kier molecular flexibility index (Phi) is 3.23. The highest BCUT2D eigenvalue weighted by molar-refractivity contribution is 5.86. The molecule has 0 radical (unpaired) electrons. The molecule has 2 heterocycles. The zero-order chi connectivity index (χ0) is 13.3. The van der Waals surface area contributed by atoms with Crippen LogP contribution in [0.4, 0.5) is 0 Å². The smallest absolute Gasteiger partial charge is 0.372 e. The largest absolute Gasteiger partial charge is 0.475 e. The van der Waals surface area contributed by atoms with Gasteiger partial charge in [-0.1, -0.05) is 13.8 Å². The quantitative estimate of drug-likeness (QED) is 0.903. The van der Waals surface area contributed by atoms with Crippen LogP contribution in [0.2, 0.25) is 0 Å². The summed E-state index contributed by atoms with van der Waals surface area (Å²) in [6.45, 7) is 6.36. The average Bonchev–Trinajstić information content (AvgIpc) is 2.85. The number of carboxylic acids is 1. The van der Waals surface area contributed by atoms with Crippen molar-refractivity contribution >= 4 is 5.97 Å². The molecule has 2 rings (SSSR count). The van der Waals surface area contributed by atoms with Crippen molar-refractivity contribution in [1.82, 2.24) is 9.55 Å². The number of hydrogen-bond acceptors (Lipinski definition) is 3. The lowest BCUT2D eigenvalue weighted by Gasteiger charge is -2.08. The van der Waals surface area contributed by atoms with Crippen LogP contribution in [0.25, 0.3) is 0 Å². The molecule has 0 saturated heterocycles. The van der Waals surface area contributed by atoms with Crippen molar-refractivity contribution in [2.24, 2.45) is 0 Å². The number of aromatic nitrogens is 2. The van der Waals surface area contributed by atoms with Crippen molar-refractivity contribution in [2.45, 2.75) is 33.2 Å². The number of carbonyl (C=O) groups is 1. The van der Waals surface area contributed by atoms with Crippen molar-refractivity contribution in [1.29, 1.82) is 0 Å². The van der Waals surface area contributed by atoms with E-state index in [0.717, 1.165) is 5.82 Å². The maximum Gasteiger partial charge on any atom is 0.372 e. The minimum atomic E-state index is -1.03. The average molecular weight is 248 g/mol. The summed E-state index contributed by atoms with van der Waals surface area (Å²) in [5.74, 6) is 0.880. The Labute approximate surface area is 105 Å². The number of aromatic carboxylic acids is 1. The summed E-state index contributed by atoms with van der Waals surface area (Å²) in [4.78, 5) is 15.2. The summed E-state index contributed by atoms with van der Waals surface area (Å²) in [7, 11) is 0. The third kappa shape index (κ3) is 2.30. The van der Waals surface area contributed by atoms with Gasteiger partial charge >= 0.3 is 5.97 Å². The fourth-order valence-corrected chi connectivity index (χ4v) is 1.96. The first-order valence-electron chi connectivity index (χ1n) is 5.82. The van der Waals surface area contributed by atoms with Crippen LogP contribution in [0, 0.1) is 6.92 Å². The van der Waals surface area contributed by atoms with Crippen LogP contribution >= 0.6 is 0 Å². The second-order valence-electron chi connectivity index (χ2n) is 4.60. The van der Waals surface area contributed by atoms with Crippen LogP contribution in [-0.4, -0.2) is 20.6 Å². The normalized spacial score (nSPS) is 11.1. The fraction of sp³-hybridized carbons (Fsp3) is 0.385. The summed E-state index contributed by atoms with van der Waals surface area (Å²) < 4.78 is 7.30. The highest BCUT2D eigenvalue weighted by Gasteiger charge is 2.15. The van der Waals surface area contributed by atoms with E-state index in [2.05, 4.69) is 18.8 Å². The zero-order valence-corrected chi connectivity index (χ0v) is 10.7. The van der Waals surface area contributed by atoms with Gasteiger partial charge < -0.3 is 14.1 Å². The molecule has 0 fully saturated rings. The number of imidazole rings is 1. The minimum absolute atomic E-state index is 0.0104. The van der Waals surface area contributed by atoms with Gasteiger partial charge in [-0.3, -0.25) is 0 Å². The molecule has 0 aliphatic rings. The molecule has 0 spiro atoms. The van der Waals surface area contributed by atoms with Gasteiger partial charge in [-0.25, -0.2) is 9.78 Å². The van der Waals surface area contributed by atoms with Crippen molar-refractivity contribution in [3.8, 4) is 0 Å². The molecule has 0 aliphatic carbocycles. The number of rotatable bonds is 4. The number of hydrogen-bond donors (Lipinski definition) is 1. The minimum Gasteiger partial charge on any atom is -0.475 e. The van der Waals surface area contributed by atoms with Crippen LogP contribution < -0.4 is 0 Å². The molecule has 5 heteroatoms. The van der Waals surface area contributed by atoms with Crippen LogP contribution in [0.15, 0.2) is 22.9 Å². The van der Waals surface area contributed by atoms with E-state index in [0.29, 0.717) is 23.8 Å². The van der Waals surface area contributed by atoms with Gasteiger partial charge in [-0.2, -0.15) is 0 Å². The summed E-state index contributed by atoms with van der Waals surface area (Å²) in [5, 5.41) is 8.93. The number of nitrogens with zero attached hydrogens (tertiary/aromatic N) is 2. The van der Waals surface area contributed by atoms with E-state index in [1.807, 2.05) is 10.8 Å². The Morgan fingerprint density at radius 2 is 2.28 bits per heavy atom. The van der Waals surface area contributed by atoms with Crippen LogP contribution in [-0.2, 0) is 6.54 Å². The first kappa shape index (κ1) is 12.4. The van der Waals surface area contributed by atoms with E-state index in [4.69, 9.17) is 9.52 Å². The molecule has 2 aromatic rings. The Morgan fingerprint density at radius 3 is 2.83 bits per heavy atom. The maximum absolute atomic E-state index is 10.9. The molecule has 18 heavy (non-hydrogen) atoms. The molecule has 0 atom stereocenters. The molecule has 0 saturated carbocycles. The molecule has 0 aliphatic heterocycles. The van der Waals surface area contributed by atoms with Crippen molar-refractivity contribution < 1.29 is 14.3 Å². The molecular formula is C13H16N2O3. The number of carboxylic acid groups (broad SMARTS) is 1. The third-order valence-corrected chi connectivity index (χ3v) is 2.75. The lowest BCUT2D eigenvalue weighted by molar-refractivity contribution is 0.0659. The van der Waals surface area contributed by atoms with Gasteiger partial charge in [0.05, 0.1) is 6.54 Å². The Balaban J connectivity index is 2.26. The Hall–Kier alpha value is -2.04. The van der Waals surface area contributed by atoms with E-state index in [1.54, 1.807) is 19.2 Å². The summed E-state index contributed by atoms with van der Waals surface area (Å²) in [5.41, 5.74) is 0.642. The van der Waals surface area contributed by atoms with Gasteiger partial charge in [0.15, 0.2) is 0 Å². The molecule has 5 nitrogen and oxygen atoms in total. The van der Waals surface area contributed by atoms with Gasteiger partial charge in [-0.05, 0) is 13.0 Å². The standard InChI is InChI=1S/C13H16N2O3/c1-8(2)12-14-4-5-15(12)7-10-6-9(3)11(18-10)13(16)17/h4-6,8H,7H2,1-3H3,(H,16,17). The number of furan rings is 1. The van der Waals surface area contributed by atoms with E-state index in [-0.39, 0.29) is 5.76 Å². The SMILES string of the molecule is Cc1cc(Cn2ccnc2C(C)C)oc1C(=O)O. The monoisotopic (exact) mass is 248 g/mol. The van der Waals surface area contributed by atoms with Crippen LogP contribution in [0.1, 0.15) is 47.5 Å². The van der Waals surface area contributed by atoms with E-state index in [9.17, 15) is 4.79 Å². The predicted octanol–water partition coefficient (Wildman–Crippen LogP) is 2.65. The lowest BCUT2D eigenvalue weighted by Crippen LogP contribution is -2.05. The van der Waals surface area contributed by atoms with Crippen LogP contribution in [0.3, 0.4) is 0 Å². The van der Waals surface area contributed by atoms with Gasteiger partial charge in [0.25, 0.3) is 0 Å². The molecule has 0 bridgehead atoms. The zero-order valence-electron chi connectivity index (χ0n) is 10.7. The second kappa shape index (κ2) is 4.68. The maximum atomic E-state index is 10.9. The molecule has 0 unspecified atom stereocenters. The topological polar surface area (TPSA) is 68.3 Å². The molecule has 2 aromatic heterocycles. The lowest BCUT2D eigenvalue weighted by atomic mass is 10.2. The van der Waals surface area contributed by atoms with Gasteiger partial charge in [-0.15, -0.1) is 0 Å². The van der Waals surface area contributed by atoms with Crippen LogP contribution in [0.5, 0.6) is 0 Å². The number of aryl methyl sites for hydroxylation is 1. The molecule has 96 valence electrons. The molecule has 1 N–H and O–H groups in total. The van der Waals surface area contributed by atoms with Gasteiger partial charge in [0.1, 0.15) is 11.6 Å². The molecule has 0 aromatic carbocycles. The second-order valence-corrected chi connectivity index (χ2v) is 4.60. The highest BCUT2D eigenvalue weighted by atomic mass is 16.4. The summed E-state index contributed by atoms with van der Waals surface area (Å²) in [6.07, 6.45) is 3.61. The molecular weight excluding hydrogens is 232 g/mol. The highest BCUT2D eigenvalue weighted by Crippen LogP contribution is 2.18. The van der Waals surface area contributed by atoms with Crippen molar-refractivity contribution in [3.05, 3.63) is 41.4 Å². The van der Waals surface area contributed by atoms with Gasteiger partial charge in [0, 0.05) is 23.9 Å². The molecule has 0 amide bonds. The Morgan fingerprint density at radius 1 is 1.56 bits per heavy atom. The first-order chi connectivity index (χ1) is 8.49. The third-order valence-electron chi connectivity index (χ3n) is 2.75. The summed E-state index contributed by atoms with van der Waals surface area (Å²) >= 11 is 0. The Bertz CT molecular complexity index is 567. The summed E-state index contributed by atoms with van der Waals surface area (Å²) in [6, 6.07) is 1.76. The first-order valence-corrected chi connectivity index (χ1v) is 5.82. The van der Waals surface area contributed by atoms with E-state index in [1.165, 1.54) is 0 Å².